The Labute approximate surface area is 120 Å². The number of halogens is 2. The molecule has 1 heterocycles. The summed E-state index contributed by atoms with van der Waals surface area (Å²) < 4.78 is 16.4. The van der Waals surface area contributed by atoms with Crippen LogP contribution in [0.1, 0.15) is 29.9 Å². The molecular weight excluding hydrogens is 309 g/mol. The highest BCUT2D eigenvalue weighted by molar-refractivity contribution is 9.10. The average Bonchev–Trinajstić information content (AvgIpc) is 2.70. The van der Waals surface area contributed by atoms with E-state index in [4.69, 9.17) is 5.73 Å². The smallest absolute Gasteiger partial charge is 0.129 e. The van der Waals surface area contributed by atoms with E-state index in [1.54, 1.807) is 12.1 Å². The molecule has 0 aliphatic heterocycles. The van der Waals surface area contributed by atoms with Gasteiger partial charge in [-0.15, -0.1) is 0 Å². The number of aromatic nitrogens is 2. The van der Waals surface area contributed by atoms with Crippen LogP contribution in [-0.2, 0) is 19.9 Å². The molecule has 1 atom stereocenters. The third-order valence-corrected chi connectivity index (χ3v) is 3.67. The Bertz CT molecular complexity index is 580. The highest BCUT2D eigenvalue weighted by Gasteiger charge is 2.15. The summed E-state index contributed by atoms with van der Waals surface area (Å²) in [5.74, 6) is -0.278. The Morgan fingerprint density at radius 3 is 2.74 bits per heavy atom. The first-order chi connectivity index (χ1) is 9.01. The Morgan fingerprint density at radius 2 is 2.16 bits per heavy atom. The van der Waals surface area contributed by atoms with Gasteiger partial charge in [0.1, 0.15) is 5.82 Å². The lowest BCUT2D eigenvalue weighted by Crippen LogP contribution is -2.16. The minimum absolute atomic E-state index is 0.278. The molecule has 102 valence electrons. The summed E-state index contributed by atoms with van der Waals surface area (Å²) in [6.07, 6.45) is 1.46. The summed E-state index contributed by atoms with van der Waals surface area (Å²) in [7, 11) is 1.89. The Balaban J connectivity index is 2.20. The first kappa shape index (κ1) is 14.2. The molecule has 3 nitrogen and oxygen atoms in total. The van der Waals surface area contributed by atoms with Gasteiger partial charge in [0, 0.05) is 35.2 Å². The Morgan fingerprint density at radius 1 is 1.42 bits per heavy atom. The second kappa shape index (κ2) is 5.84. The quantitative estimate of drug-likeness (QED) is 0.938. The highest BCUT2D eigenvalue weighted by Crippen LogP contribution is 2.22. The van der Waals surface area contributed by atoms with Gasteiger partial charge in [0.25, 0.3) is 0 Å². The molecule has 0 saturated carbocycles. The highest BCUT2D eigenvalue weighted by atomic mass is 79.9. The Hall–Kier alpha value is -1.20. The SMILES string of the molecule is CCc1cc(CC(N)c2ccc(Br)cc2F)n(C)n1. The zero-order chi connectivity index (χ0) is 14.0. The lowest BCUT2D eigenvalue weighted by atomic mass is 10.0. The van der Waals surface area contributed by atoms with E-state index in [9.17, 15) is 4.39 Å². The van der Waals surface area contributed by atoms with Crippen LogP contribution in [0.4, 0.5) is 4.39 Å². The van der Waals surface area contributed by atoms with Crippen LogP contribution in [0.15, 0.2) is 28.7 Å². The average molecular weight is 326 g/mol. The second-order valence-corrected chi connectivity index (χ2v) is 5.50. The maximum atomic E-state index is 13.8. The van der Waals surface area contributed by atoms with Crippen molar-refractivity contribution in [3.63, 3.8) is 0 Å². The van der Waals surface area contributed by atoms with Crippen molar-refractivity contribution >= 4 is 15.9 Å². The van der Waals surface area contributed by atoms with Crippen LogP contribution < -0.4 is 5.73 Å². The van der Waals surface area contributed by atoms with Gasteiger partial charge < -0.3 is 5.73 Å². The lowest BCUT2D eigenvalue weighted by Gasteiger charge is -2.13. The van der Waals surface area contributed by atoms with Crippen LogP contribution in [0.25, 0.3) is 0 Å². The van der Waals surface area contributed by atoms with E-state index in [1.807, 2.05) is 17.8 Å². The Kier molecular flexibility index (Phi) is 4.37. The van der Waals surface area contributed by atoms with Gasteiger partial charge in [-0.25, -0.2) is 4.39 Å². The van der Waals surface area contributed by atoms with Crippen molar-refractivity contribution in [1.29, 1.82) is 0 Å². The maximum absolute atomic E-state index is 13.8. The zero-order valence-corrected chi connectivity index (χ0v) is 12.6. The molecule has 0 aliphatic carbocycles. The van der Waals surface area contributed by atoms with Crippen molar-refractivity contribution in [2.75, 3.05) is 0 Å². The first-order valence-corrected chi connectivity index (χ1v) is 7.03. The van der Waals surface area contributed by atoms with E-state index in [-0.39, 0.29) is 11.9 Å². The molecule has 0 bridgehead atoms. The van der Waals surface area contributed by atoms with Crippen LogP contribution in [0.5, 0.6) is 0 Å². The fourth-order valence-electron chi connectivity index (χ4n) is 2.07. The fraction of sp³-hybridized carbons (Fsp3) is 0.357. The van der Waals surface area contributed by atoms with Crippen LogP contribution in [0, 0.1) is 5.82 Å². The second-order valence-electron chi connectivity index (χ2n) is 4.58. The molecule has 0 spiro atoms. The van der Waals surface area contributed by atoms with Crippen LogP contribution in [0.2, 0.25) is 0 Å². The minimum Gasteiger partial charge on any atom is -0.324 e. The number of hydrogen-bond donors (Lipinski definition) is 1. The number of aryl methyl sites for hydroxylation is 2. The van der Waals surface area contributed by atoms with Crippen molar-refractivity contribution < 1.29 is 4.39 Å². The molecule has 19 heavy (non-hydrogen) atoms. The van der Waals surface area contributed by atoms with Crippen LogP contribution in [0.3, 0.4) is 0 Å². The zero-order valence-electron chi connectivity index (χ0n) is 11.0. The van der Waals surface area contributed by atoms with Crippen molar-refractivity contribution in [2.45, 2.75) is 25.8 Å². The van der Waals surface area contributed by atoms with E-state index in [1.165, 1.54) is 6.07 Å². The topological polar surface area (TPSA) is 43.8 Å². The number of nitrogens with zero attached hydrogens (tertiary/aromatic N) is 2. The molecule has 0 aliphatic rings. The van der Waals surface area contributed by atoms with E-state index >= 15 is 0 Å². The molecule has 0 fully saturated rings. The summed E-state index contributed by atoms with van der Waals surface area (Å²) >= 11 is 3.24. The summed E-state index contributed by atoms with van der Waals surface area (Å²) in [5, 5.41) is 4.37. The summed E-state index contributed by atoms with van der Waals surface area (Å²) in [5.41, 5.74) is 8.68. The normalized spacial score (nSPS) is 12.7. The lowest BCUT2D eigenvalue weighted by molar-refractivity contribution is 0.568. The van der Waals surface area contributed by atoms with Crippen molar-refractivity contribution in [3.8, 4) is 0 Å². The predicted octanol–water partition coefficient (Wildman–Crippen LogP) is 3.13. The molecule has 1 aromatic carbocycles. The number of hydrogen-bond acceptors (Lipinski definition) is 2. The van der Waals surface area contributed by atoms with Gasteiger partial charge in [-0.2, -0.15) is 5.10 Å². The first-order valence-electron chi connectivity index (χ1n) is 6.23. The molecule has 2 aromatic rings. The molecule has 1 unspecified atom stereocenters. The maximum Gasteiger partial charge on any atom is 0.129 e. The largest absolute Gasteiger partial charge is 0.324 e. The summed E-state index contributed by atoms with van der Waals surface area (Å²) in [6, 6.07) is 6.63. The third kappa shape index (κ3) is 3.22. The van der Waals surface area contributed by atoms with Crippen molar-refractivity contribution in [2.24, 2.45) is 12.8 Å². The molecule has 1 aromatic heterocycles. The van der Waals surface area contributed by atoms with E-state index in [0.717, 1.165) is 22.3 Å². The predicted molar refractivity (Wildman–Crippen MR) is 77.3 cm³/mol. The van der Waals surface area contributed by atoms with Gasteiger partial charge >= 0.3 is 0 Å². The van der Waals surface area contributed by atoms with E-state index in [2.05, 4.69) is 28.0 Å². The van der Waals surface area contributed by atoms with Gasteiger partial charge in [0.2, 0.25) is 0 Å². The molecular formula is C14H17BrFN3. The number of rotatable bonds is 4. The summed E-state index contributed by atoms with van der Waals surface area (Å²) in [4.78, 5) is 0. The van der Waals surface area contributed by atoms with Crippen LogP contribution in [-0.4, -0.2) is 9.78 Å². The van der Waals surface area contributed by atoms with E-state index < -0.39 is 0 Å². The number of benzene rings is 1. The molecule has 2 rings (SSSR count). The van der Waals surface area contributed by atoms with Gasteiger partial charge in [-0.05, 0) is 24.6 Å². The third-order valence-electron chi connectivity index (χ3n) is 3.18. The summed E-state index contributed by atoms with van der Waals surface area (Å²) in [6.45, 7) is 2.06. The van der Waals surface area contributed by atoms with E-state index in [0.29, 0.717) is 12.0 Å². The minimum atomic E-state index is -0.367. The standard InChI is InChI=1S/C14H17BrFN3/c1-3-10-7-11(19(2)18-10)8-14(17)12-5-4-9(15)6-13(12)16/h4-7,14H,3,8,17H2,1-2H3. The van der Waals surface area contributed by atoms with Gasteiger partial charge in [-0.1, -0.05) is 28.9 Å². The molecule has 0 radical (unpaired) electrons. The van der Waals surface area contributed by atoms with Gasteiger partial charge in [0.15, 0.2) is 0 Å². The molecule has 0 amide bonds. The molecule has 0 saturated heterocycles. The van der Waals surface area contributed by atoms with Gasteiger partial charge in [0.05, 0.1) is 5.69 Å². The fourth-order valence-corrected chi connectivity index (χ4v) is 2.41. The monoisotopic (exact) mass is 325 g/mol. The number of nitrogens with two attached hydrogens (primary N) is 1. The van der Waals surface area contributed by atoms with Crippen molar-refractivity contribution in [1.82, 2.24) is 9.78 Å². The van der Waals surface area contributed by atoms with Crippen LogP contribution >= 0.6 is 15.9 Å². The van der Waals surface area contributed by atoms with Gasteiger partial charge in [-0.3, -0.25) is 4.68 Å². The van der Waals surface area contributed by atoms with Crippen molar-refractivity contribution in [3.05, 3.63) is 51.5 Å². The molecule has 5 heteroatoms. The molecule has 2 N–H and O–H groups in total.